The quantitative estimate of drug-likeness (QED) is 0.588. The first kappa shape index (κ1) is 18.7. The second-order valence-electron chi connectivity index (χ2n) is 6.51. The molecule has 2 N–H and O–H groups in total. The summed E-state index contributed by atoms with van der Waals surface area (Å²) in [5.41, 5.74) is 0. The summed E-state index contributed by atoms with van der Waals surface area (Å²) in [5.74, 6) is -0.272. The highest BCUT2D eigenvalue weighted by Gasteiger charge is 2.23. The number of hydrogen-bond donors (Lipinski definition) is 2. The fourth-order valence-corrected chi connectivity index (χ4v) is 3.71. The molecule has 0 aromatic carbocycles. The van der Waals surface area contributed by atoms with Crippen LogP contribution in [0.15, 0.2) is 12.2 Å². The van der Waals surface area contributed by atoms with E-state index < -0.39 is 11.9 Å². The van der Waals surface area contributed by atoms with Crippen molar-refractivity contribution in [3.8, 4) is 0 Å². The van der Waals surface area contributed by atoms with Crippen molar-refractivity contribution in [2.24, 2.45) is 11.8 Å². The molecular weight excluding hydrogens is 280 g/mol. The van der Waals surface area contributed by atoms with Crippen molar-refractivity contribution in [1.82, 2.24) is 0 Å². The molecule has 0 aliphatic heterocycles. The summed E-state index contributed by atoms with van der Waals surface area (Å²) in [5, 5.41) is 15.6. The van der Waals surface area contributed by atoms with Crippen molar-refractivity contribution < 1.29 is 19.8 Å². The van der Waals surface area contributed by atoms with Crippen LogP contribution in [-0.2, 0) is 9.59 Å². The lowest BCUT2D eigenvalue weighted by atomic mass is 9.81. The Balaban J connectivity index is 0.000000261. The highest BCUT2D eigenvalue weighted by Crippen LogP contribution is 2.36. The lowest BCUT2D eigenvalue weighted by molar-refractivity contribution is -0.134. The number of carboxylic acids is 2. The molecule has 0 spiro atoms. The third-order valence-corrected chi connectivity index (χ3v) is 4.83. The van der Waals surface area contributed by atoms with Gasteiger partial charge in [-0.15, -0.1) is 0 Å². The van der Waals surface area contributed by atoms with Crippen LogP contribution in [0.25, 0.3) is 0 Å². The molecular formula is C18H30O4. The van der Waals surface area contributed by atoms with Gasteiger partial charge < -0.3 is 10.2 Å². The fourth-order valence-electron chi connectivity index (χ4n) is 3.71. The van der Waals surface area contributed by atoms with Crippen LogP contribution in [0.5, 0.6) is 0 Å². The topological polar surface area (TPSA) is 74.6 Å². The standard InChI is InChI=1S/C14H26.C4H4O4/c1-2-6-10-13(9-5-1)14-11-7-3-4-8-12-14;5-3(6)1-2-4(7)8/h13-14H,1-12H2;1-2H,(H,5,6)(H,7,8)/b;2-1+. The summed E-state index contributed by atoms with van der Waals surface area (Å²) in [6, 6.07) is 0. The zero-order valence-corrected chi connectivity index (χ0v) is 13.5. The molecule has 0 atom stereocenters. The van der Waals surface area contributed by atoms with E-state index in [1.165, 1.54) is 51.4 Å². The average Bonchev–Trinajstić information content (AvgIpc) is 2.90. The van der Waals surface area contributed by atoms with E-state index in [9.17, 15) is 9.59 Å². The van der Waals surface area contributed by atoms with Crippen LogP contribution < -0.4 is 0 Å². The minimum absolute atomic E-state index is 0.558. The molecule has 0 aromatic rings. The average molecular weight is 310 g/mol. The van der Waals surface area contributed by atoms with Crippen LogP contribution in [0, 0.1) is 11.8 Å². The molecule has 4 nitrogen and oxygen atoms in total. The minimum Gasteiger partial charge on any atom is -0.478 e. The number of carbonyl (C=O) groups is 2. The molecule has 126 valence electrons. The highest BCUT2D eigenvalue weighted by atomic mass is 16.4. The molecule has 2 aliphatic rings. The van der Waals surface area contributed by atoms with Gasteiger partial charge >= 0.3 is 11.9 Å². The van der Waals surface area contributed by atoms with Gasteiger partial charge in [0.15, 0.2) is 0 Å². The van der Waals surface area contributed by atoms with Gasteiger partial charge in [-0.3, -0.25) is 0 Å². The van der Waals surface area contributed by atoms with Crippen LogP contribution in [-0.4, -0.2) is 22.2 Å². The van der Waals surface area contributed by atoms with E-state index >= 15 is 0 Å². The highest BCUT2D eigenvalue weighted by molar-refractivity contribution is 5.89. The molecule has 4 heteroatoms. The first-order valence-electron chi connectivity index (χ1n) is 8.73. The second kappa shape index (κ2) is 11.3. The molecule has 2 fully saturated rings. The predicted molar refractivity (Wildman–Crippen MR) is 86.8 cm³/mol. The number of aliphatic carboxylic acids is 2. The van der Waals surface area contributed by atoms with Gasteiger partial charge in [0.2, 0.25) is 0 Å². The van der Waals surface area contributed by atoms with E-state index in [0.29, 0.717) is 12.2 Å². The zero-order valence-electron chi connectivity index (χ0n) is 13.5. The van der Waals surface area contributed by atoms with Gasteiger partial charge in [0.25, 0.3) is 0 Å². The zero-order chi connectivity index (χ0) is 16.2. The summed E-state index contributed by atoms with van der Waals surface area (Å²) >= 11 is 0. The monoisotopic (exact) mass is 310 g/mol. The van der Waals surface area contributed by atoms with Gasteiger partial charge in [-0.1, -0.05) is 77.0 Å². The first-order valence-corrected chi connectivity index (χ1v) is 8.73. The Kier molecular flexibility index (Phi) is 9.60. The van der Waals surface area contributed by atoms with Crippen LogP contribution in [0.3, 0.4) is 0 Å². The van der Waals surface area contributed by atoms with Crippen LogP contribution >= 0.6 is 0 Å². The molecule has 2 saturated carbocycles. The van der Waals surface area contributed by atoms with Crippen molar-refractivity contribution in [3.63, 3.8) is 0 Å². The van der Waals surface area contributed by atoms with Gasteiger partial charge in [-0.2, -0.15) is 0 Å². The number of hydrogen-bond acceptors (Lipinski definition) is 2. The second-order valence-corrected chi connectivity index (χ2v) is 6.51. The Hall–Kier alpha value is -1.32. The Bertz CT molecular complexity index is 312. The number of rotatable bonds is 3. The summed E-state index contributed by atoms with van der Waals surface area (Å²) in [6.45, 7) is 0. The summed E-state index contributed by atoms with van der Waals surface area (Å²) in [4.78, 5) is 19.1. The van der Waals surface area contributed by atoms with Crippen molar-refractivity contribution in [2.75, 3.05) is 0 Å². The molecule has 0 bridgehead atoms. The predicted octanol–water partition coefficient (Wildman–Crippen LogP) is 4.64. The van der Waals surface area contributed by atoms with Gasteiger partial charge in [-0.05, 0) is 11.8 Å². The van der Waals surface area contributed by atoms with Crippen molar-refractivity contribution in [1.29, 1.82) is 0 Å². The van der Waals surface area contributed by atoms with E-state index in [4.69, 9.17) is 10.2 Å². The maximum Gasteiger partial charge on any atom is 0.328 e. The molecule has 0 amide bonds. The summed E-state index contributed by atoms with van der Waals surface area (Å²) in [7, 11) is 0. The van der Waals surface area contributed by atoms with Crippen molar-refractivity contribution >= 4 is 11.9 Å². The molecule has 0 radical (unpaired) electrons. The number of carboxylic acid groups (broad SMARTS) is 2. The van der Waals surface area contributed by atoms with E-state index in [-0.39, 0.29) is 0 Å². The normalized spacial score (nSPS) is 21.5. The van der Waals surface area contributed by atoms with Crippen molar-refractivity contribution in [3.05, 3.63) is 12.2 Å². The largest absolute Gasteiger partial charge is 0.478 e. The Morgan fingerprint density at radius 3 is 1.09 bits per heavy atom. The third kappa shape index (κ3) is 8.85. The Morgan fingerprint density at radius 1 is 0.591 bits per heavy atom. The van der Waals surface area contributed by atoms with E-state index in [1.807, 2.05) is 0 Å². The van der Waals surface area contributed by atoms with Gasteiger partial charge in [0.05, 0.1) is 0 Å². The fraction of sp³-hybridized carbons (Fsp3) is 0.778. The maximum atomic E-state index is 9.55. The smallest absolute Gasteiger partial charge is 0.328 e. The molecule has 0 heterocycles. The Morgan fingerprint density at radius 2 is 0.864 bits per heavy atom. The van der Waals surface area contributed by atoms with E-state index in [1.54, 1.807) is 25.7 Å². The molecule has 0 saturated heterocycles. The van der Waals surface area contributed by atoms with E-state index in [2.05, 4.69) is 0 Å². The van der Waals surface area contributed by atoms with Gasteiger partial charge in [-0.25, -0.2) is 9.59 Å². The van der Waals surface area contributed by atoms with Crippen LogP contribution in [0.2, 0.25) is 0 Å². The lowest BCUT2D eigenvalue weighted by Gasteiger charge is -2.24. The molecule has 0 unspecified atom stereocenters. The lowest BCUT2D eigenvalue weighted by Crippen LogP contribution is -2.13. The third-order valence-electron chi connectivity index (χ3n) is 4.83. The Labute approximate surface area is 133 Å². The molecule has 0 aromatic heterocycles. The van der Waals surface area contributed by atoms with Crippen molar-refractivity contribution in [2.45, 2.75) is 77.0 Å². The first-order chi connectivity index (χ1) is 10.6. The molecule has 2 rings (SSSR count). The maximum absolute atomic E-state index is 9.55. The molecule has 2 aliphatic carbocycles. The summed E-state index contributed by atoms with van der Waals surface area (Å²) < 4.78 is 0. The molecule has 22 heavy (non-hydrogen) atoms. The minimum atomic E-state index is -1.26. The van der Waals surface area contributed by atoms with Gasteiger partial charge in [0, 0.05) is 12.2 Å². The van der Waals surface area contributed by atoms with E-state index in [0.717, 1.165) is 11.8 Å². The SMILES string of the molecule is C1CCCC(C2CCCCCC2)CC1.O=C(O)/C=C/C(=O)O. The summed E-state index contributed by atoms with van der Waals surface area (Å²) in [6.07, 6.45) is 19.5. The van der Waals surface area contributed by atoms with Crippen LogP contribution in [0.4, 0.5) is 0 Å². The van der Waals surface area contributed by atoms with Gasteiger partial charge in [0.1, 0.15) is 0 Å². The van der Waals surface area contributed by atoms with Crippen LogP contribution in [0.1, 0.15) is 77.0 Å².